The maximum Gasteiger partial charge on any atom is 0.130 e. The van der Waals surface area contributed by atoms with Crippen LogP contribution in [0.4, 0.5) is 0 Å². The molecule has 1 aromatic heterocycles. The van der Waals surface area contributed by atoms with Crippen LogP contribution in [0.15, 0.2) is 38.8 Å². The minimum Gasteiger partial charge on any atom is -0.226 e. The van der Waals surface area contributed by atoms with Crippen molar-refractivity contribution in [1.29, 1.82) is 0 Å². The number of benzene rings is 1. The maximum absolute atomic E-state index is 6.15. The number of aryl methyl sites for hydroxylation is 1. The summed E-state index contributed by atoms with van der Waals surface area (Å²) in [7, 11) is 0. The average Bonchev–Trinajstić information content (AvgIpc) is 2.33. The molecular formula is C13H11BrCl2N2S. The minimum atomic E-state index is 0.661. The van der Waals surface area contributed by atoms with Crippen molar-refractivity contribution in [3.05, 3.63) is 44.7 Å². The third-order valence-corrected chi connectivity index (χ3v) is 4.36. The second-order valence-corrected chi connectivity index (χ2v) is 6.59. The molecule has 0 radical (unpaired) electrons. The van der Waals surface area contributed by atoms with E-state index >= 15 is 0 Å². The van der Waals surface area contributed by atoms with E-state index in [2.05, 4.69) is 32.8 Å². The lowest BCUT2D eigenvalue weighted by atomic mass is 10.3. The van der Waals surface area contributed by atoms with Gasteiger partial charge in [-0.1, -0.05) is 41.9 Å². The highest BCUT2D eigenvalue weighted by Crippen LogP contribution is 2.34. The molecular weight excluding hydrogens is 367 g/mol. The van der Waals surface area contributed by atoms with E-state index in [1.807, 2.05) is 12.1 Å². The van der Waals surface area contributed by atoms with Gasteiger partial charge in [0.2, 0.25) is 0 Å². The van der Waals surface area contributed by atoms with Crippen LogP contribution in [-0.4, -0.2) is 9.97 Å². The van der Waals surface area contributed by atoms with Crippen molar-refractivity contribution in [2.45, 2.75) is 29.7 Å². The van der Waals surface area contributed by atoms with Crippen LogP contribution in [-0.2, 0) is 6.42 Å². The Morgan fingerprint density at radius 3 is 2.74 bits per heavy atom. The Labute approximate surface area is 135 Å². The predicted octanol–water partition coefficient (Wildman–Crippen LogP) is 5.65. The Morgan fingerprint density at radius 2 is 2.00 bits per heavy atom. The zero-order chi connectivity index (χ0) is 13.8. The maximum atomic E-state index is 6.15. The molecule has 0 aliphatic carbocycles. The Morgan fingerprint density at radius 1 is 1.21 bits per heavy atom. The van der Waals surface area contributed by atoms with Gasteiger partial charge in [0.15, 0.2) is 0 Å². The van der Waals surface area contributed by atoms with Gasteiger partial charge in [0.25, 0.3) is 0 Å². The Kier molecular flexibility index (Phi) is 5.51. The van der Waals surface area contributed by atoms with E-state index < -0.39 is 0 Å². The summed E-state index contributed by atoms with van der Waals surface area (Å²) in [6.07, 6.45) is 1.87. The van der Waals surface area contributed by atoms with Gasteiger partial charge in [-0.3, -0.25) is 0 Å². The molecule has 0 bridgehead atoms. The number of rotatable bonds is 4. The highest BCUT2D eigenvalue weighted by molar-refractivity contribution is 9.10. The van der Waals surface area contributed by atoms with Gasteiger partial charge < -0.3 is 0 Å². The van der Waals surface area contributed by atoms with Crippen LogP contribution in [0.5, 0.6) is 0 Å². The summed E-state index contributed by atoms with van der Waals surface area (Å²) in [6.45, 7) is 2.10. The van der Waals surface area contributed by atoms with Crippen LogP contribution in [0.2, 0.25) is 10.0 Å². The molecule has 1 aromatic carbocycles. The van der Waals surface area contributed by atoms with Crippen molar-refractivity contribution in [3.63, 3.8) is 0 Å². The number of aromatic nitrogens is 2. The summed E-state index contributed by atoms with van der Waals surface area (Å²) < 4.78 is 0.784. The summed E-state index contributed by atoms with van der Waals surface area (Å²) in [4.78, 5) is 9.74. The van der Waals surface area contributed by atoms with E-state index in [4.69, 9.17) is 23.2 Å². The second-order valence-electron chi connectivity index (χ2n) is 3.87. The fourth-order valence-electron chi connectivity index (χ4n) is 1.50. The first-order chi connectivity index (χ1) is 9.08. The topological polar surface area (TPSA) is 25.8 Å². The number of hydrogen-bond acceptors (Lipinski definition) is 3. The zero-order valence-electron chi connectivity index (χ0n) is 10.2. The van der Waals surface area contributed by atoms with Crippen LogP contribution >= 0.6 is 50.9 Å². The molecule has 0 saturated heterocycles. The molecule has 6 heteroatoms. The highest BCUT2D eigenvalue weighted by atomic mass is 79.9. The molecule has 0 spiro atoms. The molecule has 2 rings (SSSR count). The normalized spacial score (nSPS) is 10.7. The largest absolute Gasteiger partial charge is 0.226 e. The summed E-state index contributed by atoms with van der Waals surface area (Å²) >= 11 is 17.0. The van der Waals surface area contributed by atoms with Gasteiger partial charge in [-0.15, -0.1) is 0 Å². The number of hydrogen-bond donors (Lipinski definition) is 0. The predicted molar refractivity (Wildman–Crippen MR) is 84.3 cm³/mol. The molecule has 0 N–H and O–H groups in total. The van der Waals surface area contributed by atoms with E-state index in [9.17, 15) is 0 Å². The van der Waals surface area contributed by atoms with Gasteiger partial charge in [0.1, 0.15) is 15.5 Å². The molecule has 100 valence electrons. The summed E-state index contributed by atoms with van der Waals surface area (Å²) in [5.41, 5.74) is 0. The Bertz CT molecular complexity index is 593. The van der Waals surface area contributed by atoms with Crippen molar-refractivity contribution >= 4 is 50.9 Å². The molecule has 0 fully saturated rings. The molecule has 1 heterocycles. The van der Waals surface area contributed by atoms with Gasteiger partial charge in [-0.25, -0.2) is 9.97 Å². The third kappa shape index (κ3) is 4.35. The molecule has 2 aromatic rings. The van der Waals surface area contributed by atoms with Gasteiger partial charge in [0.05, 0.1) is 5.02 Å². The van der Waals surface area contributed by atoms with E-state index in [1.165, 1.54) is 11.8 Å². The third-order valence-electron chi connectivity index (χ3n) is 2.30. The number of halogens is 3. The van der Waals surface area contributed by atoms with Crippen molar-refractivity contribution in [2.24, 2.45) is 0 Å². The molecule has 0 unspecified atom stereocenters. The van der Waals surface area contributed by atoms with Crippen molar-refractivity contribution in [3.8, 4) is 0 Å². The first-order valence-electron chi connectivity index (χ1n) is 5.75. The van der Waals surface area contributed by atoms with Crippen LogP contribution in [0, 0.1) is 0 Å². The van der Waals surface area contributed by atoms with Crippen LogP contribution in [0.3, 0.4) is 0 Å². The second kappa shape index (κ2) is 6.93. The zero-order valence-corrected chi connectivity index (χ0v) is 14.1. The van der Waals surface area contributed by atoms with Gasteiger partial charge >= 0.3 is 0 Å². The minimum absolute atomic E-state index is 0.661. The molecule has 0 aliphatic rings. The summed E-state index contributed by atoms with van der Waals surface area (Å²) in [5.74, 6) is 0.831. The van der Waals surface area contributed by atoms with Gasteiger partial charge in [-0.2, -0.15) is 0 Å². The van der Waals surface area contributed by atoms with Crippen LogP contribution < -0.4 is 0 Å². The number of nitrogens with zero attached hydrogens (tertiary/aromatic N) is 2. The Hall–Kier alpha value is -0.290. The fourth-order valence-corrected chi connectivity index (χ4v) is 3.44. The first kappa shape index (κ1) is 15.1. The molecule has 2 nitrogen and oxygen atoms in total. The standard InChI is InChI=1S/C13H11BrCl2N2S/c1-2-3-12-17-11(14)7-13(18-12)19-10-6-8(15)4-5-9(10)16/h4-7H,2-3H2,1H3. The average molecular weight is 378 g/mol. The fraction of sp³-hybridized carbons (Fsp3) is 0.231. The monoisotopic (exact) mass is 376 g/mol. The first-order valence-corrected chi connectivity index (χ1v) is 8.11. The van der Waals surface area contributed by atoms with Crippen LogP contribution in [0.25, 0.3) is 0 Å². The highest BCUT2D eigenvalue weighted by Gasteiger charge is 2.08. The van der Waals surface area contributed by atoms with E-state index in [0.29, 0.717) is 10.0 Å². The quantitative estimate of drug-likeness (QED) is 0.643. The molecule has 0 aliphatic heterocycles. The summed E-state index contributed by atoms with van der Waals surface area (Å²) in [5, 5.41) is 2.18. The van der Waals surface area contributed by atoms with Gasteiger partial charge in [0, 0.05) is 22.4 Å². The van der Waals surface area contributed by atoms with Crippen molar-refractivity contribution in [2.75, 3.05) is 0 Å². The van der Waals surface area contributed by atoms with Crippen molar-refractivity contribution in [1.82, 2.24) is 9.97 Å². The lowest BCUT2D eigenvalue weighted by molar-refractivity contribution is 0.803. The van der Waals surface area contributed by atoms with E-state index in [1.54, 1.807) is 12.1 Å². The lowest BCUT2D eigenvalue weighted by Gasteiger charge is -2.06. The lowest BCUT2D eigenvalue weighted by Crippen LogP contribution is -1.96. The van der Waals surface area contributed by atoms with Crippen molar-refractivity contribution < 1.29 is 0 Å². The molecule has 0 saturated carbocycles. The van der Waals surface area contributed by atoms with Gasteiger partial charge in [-0.05, 0) is 40.5 Å². The molecule has 0 amide bonds. The molecule has 19 heavy (non-hydrogen) atoms. The van der Waals surface area contributed by atoms with E-state index in [0.717, 1.165) is 33.2 Å². The Balaban J connectivity index is 2.29. The summed E-state index contributed by atoms with van der Waals surface area (Å²) in [6, 6.07) is 7.27. The van der Waals surface area contributed by atoms with E-state index in [-0.39, 0.29) is 0 Å². The van der Waals surface area contributed by atoms with Crippen LogP contribution in [0.1, 0.15) is 19.2 Å². The SMILES string of the molecule is CCCc1nc(Br)cc(Sc2cc(Cl)ccc2Cl)n1. The molecule has 0 atom stereocenters. The smallest absolute Gasteiger partial charge is 0.130 e.